The first-order valence-corrected chi connectivity index (χ1v) is 7.02. The Labute approximate surface area is 117 Å². The lowest BCUT2D eigenvalue weighted by atomic mass is 10.0. The van der Waals surface area contributed by atoms with Gasteiger partial charge in [0.05, 0.1) is 6.21 Å². The van der Waals surface area contributed by atoms with Crippen molar-refractivity contribution in [3.05, 3.63) is 23.8 Å². The molecular formula is C15H18N2O3. The minimum Gasteiger partial charge on any atom is -0.508 e. The van der Waals surface area contributed by atoms with Crippen LogP contribution in [-0.4, -0.2) is 22.3 Å². The van der Waals surface area contributed by atoms with E-state index in [1.165, 1.54) is 37.3 Å². The molecule has 0 aromatic heterocycles. The van der Waals surface area contributed by atoms with E-state index in [2.05, 4.69) is 10.5 Å². The lowest BCUT2D eigenvalue weighted by Crippen LogP contribution is -2.20. The van der Waals surface area contributed by atoms with Crippen molar-refractivity contribution >= 4 is 12.1 Å². The van der Waals surface area contributed by atoms with Crippen LogP contribution >= 0.6 is 0 Å². The molecule has 1 aromatic carbocycles. The van der Waals surface area contributed by atoms with Crippen molar-refractivity contribution in [3.63, 3.8) is 0 Å². The summed E-state index contributed by atoms with van der Waals surface area (Å²) >= 11 is 0. The molecule has 1 aromatic rings. The number of amides is 1. The van der Waals surface area contributed by atoms with Crippen LogP contribution in [0.4, 0.5) is 0 Å². The molecule has 0 heterocycles. The van der Waals surface area contributed by atoms with E-state index in [1.54, 1.807) is 0 Å². The van der Waals surface area contributed by atoms with Crippen molar-refractivity contribution in [3.8, 4) is 11.5 Å². The van der Waals surface area contributed by atoms with Crippen LogP contribution in [0.5, 0.6) is 11.5 Å². The van der Waals surface area contributed by atoms with Gasteiger partial charge in [-0.05, 0) is 36.8 Å². The molecule has 5 nitrogen and oxygen atoms in total. The number of hydrogen-bond donors (Lipinski definition) is 3. The van der Waals surface area contributed by atoms with Gasteiger partial charge in [-0.15, -0.1) is 0 Å². The summed E-state index contributed by atoms with van der Waals surface area (Å²) < 4.78 is 0. The molecule has 3 N–H and O–H groups in total. The van der Waals surface area contributed by atoms with Crippen LogP contribution in [0.3, 0.4) is 0 Å². The predicted molar refractivity (Wildman–Crippen MR) is 74.4 cm³/mol. The topological polar surface area (TPSA) is 81.9 Å². The molecule has 0 unspecified atom stereocenters. The van der Waals surface area contributed by atoms with E-state index in [-0.39, 0.29) is 23.3 Å². The fourth-order valence-electron chi connectivity index (χ4n) is 3.26. The van der Waals surface area contributed by atoms with Gasteiger partial charge in [0.1, 0.15) is 11.5 Å². The monoisotopic (exact) mass is 274 g/mol. The highest BCUT2D eigenvalue weighted by Gasteiger charge is 2.54. The first kappa shape index (κ1) is 13.0. The number of hydrazone groups is 1. The summed E-state index contributed by atoms with van der Waals surface area (Å²) in [7, 11) is 0. The number of nitrogens with zero attached hydrogens (tertiary/aromatic N) is 1. The third-order valence-electron chi connectivity index (χ3n) is 4.35. The molecule has 0 radical (unpaired) electrons. The van der Waals surface area contributed by atoms with Crippen molar-refractivity contribution < 1.29 is 15.0 Å². The first-order chi connectivity index (χ1) is 9.66. The van der Waals surface area contributed by atoms with Gasteiger partial charge >= 0.3 is 0 Å². The van der Waals surface area contributed by atoms with Gasteiger partial charge in [0, 0.05) is 17.5 Å². The lowest BCUT2D eigenvalue weighted by molar-refractivity contribution is -0.122. The first-order valence-electron chi connectivity index (χ1n) is 7.02. The fourth-order valence-corrected chi connectivity index (χ4v) is 3.26. The number of hydrogen-bond acceptors (Lipinski definition) is 4. The average Bonchev–Trinajstić information content (AvgIpc) is 3.15. The lowest BCUT2D eigenvalue weighted by Gasteiger charge is -2.04. The van der Waals surface area contributed by atoms with E-state index < -0.39 is 0 Å². The predicted octanol–water partition coefficient (Wildman–Crippen LogP) is 1.98. The molecule has 1 amide bonds. The second kappa shape index (κ2) is 5.15. The minimum atomic E-state index is -0.0666. The number of carbonyl (C=O) groups excluding carboxylic acids is 1. The highest BCUT2D eigenvalue weighted by atomic mass is 16.3. The quantitative estimate of drug-likeness (QED) is 0.582. The van der Waals surface area contributed by atoms with Gasteiger partial charge in [0.2, 0.25) is 5.91 Å². The Morgan fingerprint density at radius 2 is 1.95 bits per heavy atom. The smallest absolute Gasteiger partial charge is 0.243 e. The number of nitrogens with one attached hydrogen (secondary N) is 1. The molecule has 5 heteroatoms. The summed E-state index contributed by atoms with van der Waals surface area (Å²) in [6.07, 6.45) is 6.17. The number of fused-ring (bicyclic) bond motifs is 1. The zero-order chi connectivity index (χ0) is 14.1. The Morgan fingerprint density at radius 3 is 2.60 bits per heavy atom. The van der Waals surface area contributed by atoms with Gasteiger partial charge in [-0.1, -0.05) is 12.8 Å². The molecule has 2 aliphatic rings. The molecular weight excluding hydrogens is 256 g/mol. The number of phenolic OH excluding ortho intramolecular Hbond substituents is 2. The van der Waals surface area contributed by atoms with Crippen molar-refractivity contribution in [1.29, 1.82) is 0 Å². The molecule has 106 valence electrons. The van der Waals surface area contributed by atoms with Crippen LogP contribution in [0, 0.1) is 17.8 Å². The SMILES string of the molecule is O=C(N/N=C\c1ccc(O)cc1O)C1[C@@H]2CCCC[C@@H]12. The van der Waals surface area contributed by atoms with E-state index >= 15 is 0 Å². The van der Waals surface area contributed by atoms with Crippen LogP contribution < -0.4 is 5.43 Å². The Morgan fingerprint density at radius 1 is 1.25 bits per heavy atom. The maximum absolute atomic E-state index is 12.0. The van der Waals surface area contributed by atoms with Crippen molar-refractivity contribution in [2.75, 3.05) is 0 Å². The van der Waals surface area contributed by atoms with Gasteiger partial charge in [-0.25, -0.2) is 5.43 Å². The molecule has 0 bridgehead atoms. The van der Waals surface area contributed by atoms with E-state index in [9.17, 15) is 15.0 Å². The normalized spacial score (nSPS) is 28.1. The molecule has 0 saturated heterocycles. The third kappa shape index (κ3) is 2.48. The Balaban J connectivity index is 1.56. The highest BCUT2D eigenvalue weighted by molar-refractivity contribution is 5.87. The molecule has 20 heavy (non-hydrogen) atoms. The van der Waals surface area contributed by atoms with Gasteiger partial charge in [-0.2, -0.15) is 5.10 Å². The van der Waals surface area contributed by atoms with Crippen LogP contribution in [0.25, 0.3) is 0 Å². The van der Waals surface area contributed by atoms with Gasteiger partial charge < -0.3 is 10.2 Å². The maximum atomic E-state index is 12.0. The zero-order valence-corrected chi connectivity index (χ0v) is 11.1. The second-order valence-corrected chi connectivity index (χ2v) is 5.62. The highest BCUT2D eigenvalue weighted by Crippen LogP contribution is 2.55. The molecule has 2 aliphatic carbocycles. The molecule has 3 rings (SSSR count). The molecule has 2 fully saturated rings. The van der Waals surface area contributed by atoms with Crippen molar-refractivity contribution in [2.45, 2.75) is 25.7 Å². The van der Waals surface area contributed by atoms with Crippen LogP contribution in [0.15, 0.2) is 23.3 Å². The van der Waals surface area contributed by atoms with Crippen LogP contribution in [0.1, 0.15) is 31.2 Å². The largest absolute Gasteiger partial charge is 0.508 e. The molecule has 0 spiro atoms. The number of benzene rings is 1. The maximum Gasteiger partial charge on any atom is 0.243 e. The number of rotatable bonds is 3. The summed E-state index contributed by atoms with van der Waals surface area (Å²) in [5.41, 5.74) is 3.00. The van der Waals surface area contributed by atoms with E-state index in [1.807, 2.05) is 0 Å². The molecule has 2 saturated carbocycles. The van der Waals surface area contributed by atoms with Gasteiger partial charge in [0.15, 0.2) is 0 Å². The zero-order valence-electron chi connectivity index (χ0n) is 11.1. The Hall–Kier alpha value is -2.04. The van der Waals surface area contributed by atoms with Crippen molar-refractivity contribution in [2.24, 2.45) is 22.9 Å². The summed E-state index contributed by atoms with van der Waals surface area (Å²) in [5, 5.41) is 22.6. The molecule has 0 aliphatic heterocycles. The fraction of sp³-hybridized carbons (Fsp3) is 0.467. The second-order valence-electron chi connectivity index (χ2n) is 5.62. The third-order valence-corrected chi connectivity index (χ3v) is 4.35. The van der Waals surface area contributed by atoms with E-state index in [0.717, 1.165) is 12.8 Å². The van der Waals surface area contributed by atoms with Crippen molar-refractivity contribution in [1.82, 2.24) is 5.43 Å². The van der Waals surface area contributed by atoms with E-state index in [4.69, 9.17) is 0 Å². The Bertz CT molecular complexity index is 544. The average molecular weight is 274 g/mol. The van der Waals surface area contributed by atoms with Crippen LogP contribution in [-0.2, 0) is 4.79 Å². The summed E-state index contributed by atoms with van der Waals surface area (Å²) in [5.74, 6) is 1.15. The molecule has 2 atom stereocenters. The van der Waals surface area contributed by atoms with Crippen LogP contribution in [0.2, 0.25) is 0 Å². The van der Waals surface area contributed by atoms with E-state index in [0.29, 0.717) is 17.4 Å². The summed E-state index contributed by atoms with van der Waals surface area (Å²) in [4.78, 5) is 12.0. The summed E-state index contributed by atoms with van der Waals surface area (Å²) in [6, 6.07) is 4.23. The number of aromatic hydroxyl groups is 2. The minimum absolute atomic E-state index is 0.00857. The van der Waals surface area contributed by atoms with Gasteiger partial charge in [-0.3, -0.25) is 4.79 Å². The Kier molecular flexibility index (Phi) is 3.34. The summed E-state index contributed by atoms with van der Waals surface area (Å²) in [6.45, 7) is 0. The number of phenols is 2. The van der Waals surface area contributed by atoms with Gasteiger partial charge in [0.25, 0.3) is 0 Å². The number of carbonyl (C=O) groups is 1. The standard InChI is InChI=1S/C15H18N2O3/c18-10-6-5-9(13(19)7-10)8-16-17-15(20)14-11-3-1-2-4-12(11)14/h5-8,11-12,14,18-19H,1-4H2,(H,17,20)/b16-8-/t11-,12-/m1/s1.